The van der Waals surface area contributed by atoms with E-state index < -0.39 is 51.5 Å². The molecule has 5 N–H and O–H groups in total. The fourth-order valence-corrected chi connectivity index (χ4v) is 3.54. The summed E-state index contributed by atoms with van der Waals surface area (Å²) in [5, 5.41) is 16.3. The van der Waals surface area contributed by atoms with Crippen molar-refractivity contribution >= 4 is 79.8 Å². The molecule has 1 fully saturated rings. The Kier molecular flexibility index (Phi) is 7.78. The molecule has 0 spiro atoms. The van der Waals surface area contributed by atoms with E-state index in [2.05, 4.69) is 15.5 Å². The van der Waals surface area contributed by atoms with Crippen LogP contribution in [0.3, 0.4) is 0 Å². The van der Waals surface area contributed by atoms with Crippen molar-refractivity contribution in [3.05, 3.63) is 11.1 Å². The molecule has 13 nitrogen and oxygen atoms in total. The molecule has 0 bridgehead atoms. The van der Waals surface area contributed by atoms with E-state index in [1.807, 2.05) is 0 Å². The fraction of sp³-hybridized carbons (Fsp3) is 0.462. The summed E-state index contributed by atoms with van der Waals surface area (Å²) in [6.45, 7) is 3.69. The molecule has 2 heterocycles. The first-order chi connectivity index (χ1) is 12.8. The van der Waals surface area contributed by atoms with Gasteiger partial charge in [0.05, 0.1) is 6.04 Å². The molecule has 0 saturated carbocycles. The third-order valence-corrected chi connectivity index (χ3v) is 5.41. The summed E-state index contributed by atoms with van der Waals surface area (Å²) in [5.74, 6) is -3.38. The van der Waals surface area contributed by atoms with Crippen molar-refractivity contribution in [1.29, 1.82) is 0 Å². The molecule has 1 saturated heterocycles. The number of thiazole rings is 1. The maximum atomic E-state index is 12.6. The van der Waals surface area contributed by atoms with Gasteiger partial charge in [-0.15, -0.1) is 11.3 Å². The topological polar surface area (TPSA) is 202 Å². The SMILES string of the molecule is C[C@H]1[C@H](NC(=O)C(=NOC(C)(C)C(=O)O)c2csc(N)n2)C(=O)N1S(=O)(=O)O.[NaH]. The van der Waals surface area contributed by atoms with Crippen molar-refractivity contribution in [2.45, 2.75) is 38.5 Å². The van der Waals surface area contributed by atoms with E-state index in [4.69, 9.17) is 20.2 Å². The molecule has 16 heteroatoms. The number of carboxylic acids is 1. The molecule has 1 aromatic rings. The van der Waals surface area contributed by atoms with Crippen molar-refractivity contribution in [2.75, 3.05) is 5.73 Å². The van der Waals surface area contributed by atoms with Gasteiger partial charge in [-0.3, -0.25) is 14.1 Å². The Labute approximate surface area is 191 Å². The van der Waals surface area contributed by atoms with Crippen molar-refractivity contribution < 1.29 is 37.3 Å². The van der Waals surface area contributed by atoms with Crippen LogP contribution in [0.1, 0.15) is 26.5 Å². The second-order valence-corrected chi connectivity index (χ2v) is 8.40. The number of anilines is 1. The number of nitrogens with one attached hydrogen (secondary N) is 1. The minimum absolute atomic E-state index is 0. The van der Waals surface area contributed by atoms with Gasteiger partial charge < -0.3 is 21.0 Å². The molecule has 1 aliphatic heterocycles. The molecule has 0 radical (unpaired) electrons. The van der Waals surface area contributed by atoms with Crippen LogP contribution >= 0.6 is 11.3 Å². The summed E-state index contributed by atoms with van der Waals surface area (Å²) in [6.07, 6.45) is 0. The molecule has 0 aromatic carbocycles. The summed E-state index contributed by atoms with van der Waals surface area (Å²) in [4.78, 5) is 44.4. The van der Waals surface area contributed by atoms with Gasteiger partial charge in [-0.25, -0.2) is 14.1 Å². The number of amides is 2. The molecule has 156 valence electrons. The van der Waals surface area contributed by atoms with Crippen LogP contribution < -0.4 is 11.1 Å². The molecular weight excluding hydrogens is 441 g/mol. The summed E-state index contributed by atoms with van der Waals surface area (Å²) in [6, 6.07) is -2.31. The number of aliphatic carboxylic acids is 1. The number of carbonyl (C=O) groups excluding carboxylic acids is 2. The number of oxime groups is 1. The van der Waals surface area contributed by atoms with E-state index in [-0.39, 0.29) is 44.7 Å². The summed E-state index contributed by atoms with van der Waals surface area (Å²) in [5.41, 5.74) is 3.26. The van der Waals surface area contributed by atoms with Crippen molar-refractivity contribution in [3.63, 3.8) is 0 Å². The molecule has 29 heavy (non-hydrogen) atoms. The number of nitrogens with zero attached hydrogens (tertiary/aromatic N) is 3. The Morgan fingerprint density at radius 2 is 2.03 bits per heavy atom. The van der Waals surface area contributed by atoms with Crippen LogP contribution in [-0.4, -0.2) is 98.1 Å². The van der Waals surface area contributed by atoms with Gasteiger partial charge in [0.15, 0.2) is 10.8 Å². The number of β-lactam (4-membered cyclic amide) rings is 1. The second kappa shape index (κ2) is 8.93. The van der Waals surface area contributed by atoms with Crippen LogP contribution in [0.5, 0.6) is 0 Å². The van der Waals surface area contributed by atoms with Gasteiger partial charge in [0.25, 0.3) is 11.8 Å². The number of aromatic nitrogens is 1. The van der Waals surface area contributed by atoms with E-state index >= 15 is 0 Å². The quantitative estimate of drug-likeness (QED) is 0.118. The molecule has 1 aliphatic rings. The van der Waals surface area contributed by atoms with Gasteiger partial charge in [-0.2, -0.15) is 8.42 Å². The predicted octanol–water partition coefficient (Wildman–Crippen LogP) is -1.82. The molecule has 0 aliphatic carbocycles. The molecule has 2 rings (SSSR count). The molecular formula is C13H18N5NaO8S2. The maximum absolute atomic E-state index is 12.6. The van der Waals surface area contributed by atoms with E-state index in [9.17, 15) is 22.8 Å². The van der Waals surface area contributed by atoms with E-state index in [1.54, 1.807) is 0 Å². The number of carbonyl (C=O) groups is 3. The monoisotopic (exact) mass is 459 g/mol. The van der Waals surface area contributed by atoms with E-state index in [1.165, 1.54) is 26.2 Å². The Morgan fingerprint density at radius 3 is 2.45 bits per heavy atom. The van der Waals surface area contributed by atoms with Gasteiger partial charge in [0.2, 0.25) is 5.60 Å². The van der Waals surface area contributed by atoms with E-state index in [0.717, 1.165) is 11.3 Å². The number of nitrogen functional groups attached to an aromatic ring is 1. The number of nitrogens with two attached hydrogens (primary N) is 1. The first-order valence-electron chi connectivity index (χ1n) is 7.58. The second-order valence-electron chi connectivity index (χ2n) is 6.22. The molecule has 1 aromatic heterocycles. The minimum atomic E-state index is -4.76. The van der Waals surface area contributed by atoms with Gasteiger partial charge in [-0.1, -0.05) is 5.16 Å². The van der Waals surface area contributed by atoms with Gasteiger partial charge in [0, 0.05) is 5.38 Å². The number of rotatable bonds is 7. The van der Waals surface area contributed by atoms with Crippen molar-refractivity contribution in [3.8, 4) is 0 Å². The van der Waals surface area contributed by atoms with Gasteiger partial charge >= 0.3 is 45.8 Å². The average Bonchev–Trinajstić information content (AvgIpc) is 2.97. The van der Waals surface area contributed by atoms with Crippen LogP contribution in [0.15, 0.2) is 10.5 Å². The Morgan fingerprint density at radius 1 is 1.45 bits per heavy atom. The predicted molar refractivity (Wildman–Crippen MR) is 103 cm³/mol. The van der Waals surface area contributed by atoms with Gasteiger partial charge in [-0.05, 0) is 20.8 Å². The van der Waals surface area contributed by atoms with Crippen molar-refractivity contribution in [1.82, 2.24) is 14.6 Å². The van der Waals surface area contributed by atoms with Crippen LogP contribution in [0, 0.1) is 0 Å². The Balaban J connectivity index is 0.00000420. The fourth-order valence-electron chi connectivity index (χ4n) is 2.11. The third kappa shape index (κ3) is 5.43. The number of hydrogen-bond donors (Lipinski definition) is 4. The normalized spacial score (nSPS) is 19.8. The van der Waals surface area contributed by atoms with Crippen LogP contribution in [-0.2, 0) is 29.5 Å². The molecule has 2 atom stereocenters. The third-order valence-electron chi connectivity index (χ3n) is 3.73. The summed E-state index contributed by atoms with van der Waals surface area (Å²) in [7, 11) is -4.76. The first-order valence-corrected chi connectivity index (χ1v) is 9.86. The summed E-state index contributed by atoms with van der Waals surface area (Å²) < 4.78 is 31.4. The molecule has 2 amide bonds. The zero-order chi connectivity index (χ0) is 21.4. The standard InChI is InChI=1S/C13H17N5O8S2.Na.H/c1-5-7(10(20)18(5)28(23,24)25)16-9(19)8(6-4-27-12(14)15-6)17-26-13(2,3)11(21)22;;/h4-5,7H,1-3H3,(H2,14,15)(H,16,19)(H,21,22)(H,23,24,25);;/t5-,7-;;/m0../s1. The summed E-state index contributed by atoms with van der Waals surface area (Å²) >= 11 is 0.980. The van der Waals surface area contributed by atoms with Crippen LogP contribution in [0.25, 0.3) is 0 Å². The Bertz CT molecular complexity index is 960. The van der Waals surface area contributed by atoms with Crippen molar-refractivity contribution in [2.24, 2.45) is 5.16 Å². The van der Waals surface area contributed by atoms with E-state index in [0.29, 0.717) is 0 Å². The zero-order valence-corrected chi connectivity index (χ0v) is 16.4. The van der Waals surface area contributed by atoms with Crippen LogP contribution in [0.2, 0.25) is 0 Å². The first kappa shape index (κ1) is 25.3. The zero-order valence-electron chi connectivity index (χ0n) is 14.8. The number of carboxylic acid groups (broad SMARTS) is 1. The van der Waals surface area contributed by atoms with Crippen LogP contribution in [0.4, 0.5) is 5.13 Å². The Hall–Kier alpha value is -1.78. The molecule has 0 unspecified atom stereocenters. The average molecular weight is 459 g/mol. The number of hydrogen-bond acceptors (Lipinski definition) is 10. The van der Waals surface area contributed by atoms with Gasteiger partial charge in [0.1, 0.15) is 11.7 Å².